The summed E-state index contributed by atoms with van der Waals surface area (Å²) in [7, 11) is -0.709. The van der Waals surface area contributed by atoms with Crippen molar-refractivity contribution in [2.45, 2.75) is 102 Å². The van der Waals surface area contributed by atoms with E-state index in [0.717, 1.165) is 25.9 Å². The lowest BCUT2D eigenvalue weighted by Gasteiger charge is -2.47. The zero-order valence-electron chi connectivity index (χ0n) is 31.8. The number of nitrogens with zero attached hydrogens (tertiary/aromatic N) is 4. The van der Waals surface area contributed by atoms with Crippen molar-refractivity contribution in [3.8, 4) is 11.1 Å². The molecule has 0 bridgehead atoms. The normalized spacial score (nSPS) is 19.1. The van der Waals surface area contributed by atoms with Crippen molar-refractivity contribution in [1.29, 1.82) is 0 Å². The first kappa shape index (κ1) is 40.7. The van der Waals surface area contributed by atoms with Gasteiger partial charge in [-0.1, -0.05) is 26.8 Å². The van der Waals surface area contributed by atoms with Gasteiger partial charge in [-0.15, -0.1) is 0 Å². The maximum absolute atomic E-state index is 14.4. The van der Waals surface area contributed by atoms with Gasteiger partial charge in [-0.25, -0.2) is 9.37 Å². The molecule has 2 aromatic carbocycles. The van der Waals surface area contributed by atoms with E-state index < -0.39 is 54.5 Å². The molecule has 2 fully saturated rings. The zero-order chi connectivity index (χ0) is 39.5. The molecule has 290 valence electrons. The Balaban J connectivity index is 1.59. The number of halogens is 7. The Morgan fingerprint density at radius 1 is 0.887 bits per heavy atom. The second kappa shape index (κ2) is 14.3. The van der Waals surface area contributed by atoms with Gasteiger partial charge in [-0.05, 0) is 111 Å². The van der Waals surface area contributed by atoms with E-state index in [0.29, 0.717) is 47.8 Å². The van der Waals surface area contributed by atoms with E-state index in [1.54, 1.807) is 13.0 Å². The van der Waals surface area contributed by atoms with Gasteiger partial charge in [0.15, 0.2) is 8.32 Å². The van der Waals surface area contributed by atoms with Crippen LogP contribution >= 0.6 is 0 Å². The lowest BCUT2D eigenvalue weighted by atomic mass is 9.81. The van der Waals surface area contributed by atoms with Crippen LogP contribution < -0.4 is 9.80 Å². The molecule has 3 heterocycles. The van der Waals surface area contributed by atoms with Crippen LogP contribution in [0.3, 0.4) is 0 Å². The minimum Gasteiger partial charge on any atom is -0.415 e. The lowest BCUT2D eigenvalue weighted by Crippen LogP contribution is -2.60. The number of carbonyl (C=O) groups excluding carboxylic acids is 1. The van der Waals surface area contributed by atoms with Gasteiger partial charge in [0.05, 0.1) is 41.1 Å². The van der Waals surface area contributed by atoms with E-state index in [1.165, 1.54) is 44.1 Å². The van der Waals surface area contributed by atoms with Crippen LogP contribution in [-0.2, 0) is 27.0 Å². The number of alkyl halides is 6. The summed E-state index contributed by atoms with van der Waals surface area (Å²) in [6, 6.07) is 7.51. The van der Waals surface area contributed by atoms with Gasteiger partial charge in [0.25, 0.3) is 0 Å². The molecule has 0 saturated carbocycles. The van der Waals surface area contributed by atoms with Crippen LogP contribution in [0, 0.1) is 12.7 Å². The standard InChI is InChI=1S/C39H49F7N4O2Si/c1-24-17-28(40)12-13-29(24)30-21-34(50-16-15-49-14-10-11-31(49)33(50)23-52-53(8,9)36(2,3)4)47-22-32(30)48(7)35(51)37(5,6)25-18-26(38(41,42)43)20-27(19-25)39(44,45)46/h12-13,17-22,31,33H,10-11,14-16,23H2,1-9H3/t31-,33+/m1/s1. The van der Waals surface area contributed by atoms with Crippen molar-refractivity contribution in [3.63, 3.8) is 0 Å². The van der Waals surface area contributed by atoms with E-state index in [4.69, 9.17) is 9.41 Å². The third-order valence-corrected chi connectivity index (χ3v) is 16.0. The van der Waals surface area contributed by atoms with Crippen LogP contribution in [0.4, 0.5) is 42.2 Å². The highest BCUT2D eigenvalue weighted by atomic mass is 28.4. The average Bonchev–Trinajstić information content (AvgIpc) is 3.54. The number of benzene rings is 2. The highest BCUT2D eigenvalue weighted by molar-refractivity contribution is 6.74. The molecule has 1 aromatic heterocycles. The van der Waals surface area contributed by atoms with Crippen molar-refractivity contribution in [1.82, 2.24) is 9.88 Å². The Morgan fingerprint density at radius 3 is 2.06 bits per heavy atom. The maximum atomic E-state index is 14.4. The fourth-order valence-corrected chi connectivity index (χ4v) is 8.17. The number of hydrogen-bond donors (Lipinski definition) is 0. The van der Waals surface area contributed by atoms with E-state index >= 15 is 0 Å². The molecule has 5 rings (SSSR count). The number of hydrogen-bond acceptors (Lipinski definition) is 5. The first-order chi connectivity index (χ1) is 24.3. The van der Waals surface area contributed by atoms with Gasteiger partial charge >= 0.3 is 12.4 Å². The fraction of sp³-hybridized carbons (Fsp3) is 0.538. The molecule has 6 nitrogen and oxygen atoms in total. The second-order valence-electron chi connectivity index (χ2n) is 16.4. The molecule has 0 N–H and O–H groups in total. The SMILES string of the molecule is Cc1cc(F)ccc1-c1cc(N2CCN3CCC[C@@H]3[C@@H]2CO[Si](C)(C)C(C)(C)C)ncc1N(C)C(=O)C(C)(C)c1cc(C(F)(F)F)cc(C(F)(F)F)c1. The van der Waals surface area contributed by atoms with Crippen LogP contribution in [0.15, 0.2) is 48.7 Å². The monoisotopic (exact) mass is 766 g/mol. The Hall–Kier alpha value is -3.49. The number of rotatable bonds is 8. The van der Waals surface area contributed by atoms with Gasteiger partial charge in [-0.2, -0.15) is 26.3 Å². The number of anilines is 2. The Labute approximate surface area is 308 Å². The summed E-state index contributed by atoms with van der Waals surface area (Å²) in [6.07, 6.45) is -6.58. The molecular weight excluding hydrogens is 718 g/mol. The molecule has 0 spiro atoms. The molecule has 14 heteroatoms. The fourth-order valence-electron chi connectivity index (χ4n) is 7.15. The minimum atomic E-state index is -5.08. The van der Waals surface area contributed by atoms with Gasteiger partial charge in [0.1, 0.15) is 11.6 Å². The second-order valence-corrected chi connectivity index (χ2v) is 21.2. The molecule has 2 aliphatic heterocycles. The van der Waals surface area contributed by atoms with Gasteiger partial charge in [0.2, 0.25) is 5.91 Å². The van der Waals surface area contributed by atoms with Crippen LogP contribution in [0.1, 0.15) is 69.7 Å². The summed E-state index contributed by atoms with van der Waals surface area (Å²) < 4.78 is 104. The number of piperazine rings is 1. The van der Waals surface area contributed by atoms with Gasteiger partial charge < -0.3 is 14.2 Å². The summed E-state index contributed by atoms with van der Waals surface area (Å²) in [4.78, 5) is 25.0. The number of likely N-dealkylation sites (N-methyl/N-ethyl adjacent to an activating group) is 1. The first-order valence-electron chi connectivity index (χ1n) is 17.8. The summed E-state index contributed by atoms with van der Waals surface area (Å²) >= 11 is 0. The molecule has 0 unspecified atom stereocenters. The molecule has 1 amide bonds. The molecule has 2 atom stereocenters. The van der Waals surface area contributed by atoms with Crippen LogP contribution in [0.2, 0.25) is 18.1 Å². The summed E-state index contributed by atoms with van der Waals surface area (Å²) in [5, 5.41) is 0.00229. The summed E-state index contributed by atoms with van der Waals surface area (Å²) in [5.41, 5.74) is -3.36. The minimum absolute atomic E-state index is 0.00229. The third kappa shape index (κ3) is 8.29. The number of amides is 1. The van der Waals surface area contributed by atoms with E-state index in [9.17, 15) is 35.5 Å². The Bertz CT molecular complexity index is 1810. The highest BCUT2D eigenvalue weighted by Gasteiger charge is 2.44. The molecule has 2 aliphatic rings. The summed E-state index contributed by atoms with van der Waals surface area (Å²) in [5.74, 6) is -0.603. The third-order valence-electron chi connectivity index (χ3n) is 11.5. The predicted molar refractivity (Wildman–Crippen MR) is 196 cm³/mol. The molecular formula is C39H49F7N4O2Si. The van der Waals surface area contributed by atoms with Crippen LogP contribution in [0.5, 0.6) is 0 Å². The lowest BCUT2D eigenvalue weighted by molar-refractivity contribution is -0.143. The topological polar surface area (TPSA) is 48.9 Å². The smallest absolute Gasteiger partial charge is 0.415 e. The van der Waals surface area contributed by atoms with Crippen LogP contribution in [0.25, 0.3) is 11.1 Å². The van der Waals surface area contributed by atoms with Crippen molar-refractivity contribution < 1.29 is 40.0 Å². The molecule has 2 saturated heterocycles. The Morgan fingerprint density at radius 2 is 1.49 bits per heavy atom. The quantitative estimate of drug-likeness (QED) is 0.169. The average molecular weight is 767 g/mol. The van der Waals surface area contributed by atoms with Crippen molar-refractivity contribution >= 4 is 25.7 Å². The van der Waals surface area contributed by atoms with Gasteiger partial charge in [0, 0.05) is 31.7 Å². The first-order valence-corrected chi connectivity index (χ1v) is 20.7. The van der Waals surface area contributed by atoms with Crippen molar-refractivity contribution in [2.75, 3.05) is 43.1 Å². The molecule has 53 heavy (non-hydrogen) atoms. The van der Waals surface area contributed by atoms with Crippen molar-refractivity contribution in [3.05, 3.63) is 76.7 Å². The number of aryl methyl sites for hydroxylation is 1. The number of pyridine rings is 1. The van der Waals surface area contributed by atoms with Gasteiger partial charge in [-0.3, -0.25) is 9.69 Å². The predicted octanol–water partition coefficient (Wildman–Crippen LogP) is 9.85. The maximum Gasteiger partial charge on any atom is 0.416 e. The van der Waals surface area contributed by atoms with E-state index in [-0.39, 0.29) is 28.9 Å². The summed E-state index contributed by atoms with van der Waals surface area (Å²) in [6.45, 7) is 18.3. The van der Waals surface area contributed by atoms with E-state index in [1.807, 2.05) is 6.07 Å². The number of carbonyl (C=O) groups is 1. The Kier molecular flexibility index (Phi) is 11.0. The largest absolute Gasteiger partial charge is 0.416 e. The molecule has 3 aromatic rings. The zero-order valence-corrected chi connectivity index (χ0v) is 32.8. The van der Waals surface area contributed by atoms with Crippen molar-refractivity contribution in [2.24, 2.45) is 0 Å². The molecule has 0 aliphatic carbocycles. The van der Waals surface area contributed by atoms with E-state index in [2.05, 4.69) is 43.7 Å². The number of aromatic nitrogens is 1. The van der Waals surface area contributed by atoms with Crippen LogP contribution in [-0.4, -0.2) is 69.5 Å². The number of fused-ring (bicyclic) bond motifs is 1. The molecule has 0 radical (unpaired) electrons. The highest BCUT2D eigenvalue weighted by Crippen LogP contribution is 2.43.